The number of ether oxygens (including phenoxy) is 1. The van der Waals surface area contributed by atoms with Crippen LogP contribution in [0.4, 0.5) is 0 Å². The molecule has 1 aromatic carbocycles. The summed E-state index contributed by atoms with van der Waals surface area (Å²) >= 11 is 0. The number of esters is 1. The van der Waals surface area contributed by atoms with Crippen molar-refractivity contribution in [2.45, 2.75) is 38.5 Å². The van der Waals surface area contributed by atoms with Crippen LogP contribution in [0.3, 0.4) is 0 Å². The smallest absolute Gasteiger partial charge is 0.332 e. The maximum absolute atomic E-state index is 12.4. The Labute approximate surface area is 146 Å². The lowest BCUT2D eigenvalue weighted by Gasteiger charge is -2.38. The van der Waals surface area contributed by atoms with Crippen molar-refractivity contribution in [2.24, 2.45) is 11.3 Å². The van der Waals surface area contributed by atoms with Crippen molar-refractivity contribution in [3.63, 3.8) is 0 Å². The minimum atomic E-state index is -1.85. The number of carboxylic acids is 2. The molecule has 0 aliphatic heterocycles. The van der Waals surface area contributed by atoms with E-state index in [9.17, 15) is 24.6 Å². The number of carbonyl (C=O) groups excluding carboxylic acids is 1. The third kappa shape index (κ3) is 4.07. The summed E-state index contributed by atoms with van der Waals surface area (Å²) in [7, 11) is 0. The topological polar surface area (TPSA) is 101 Å². The van der Waals surface area contributed by atoms with Gasteiger partial charge in [-0.2, -0.15) is 0 Å². The number of rotatable bonds is 7. The molecule has 1 atom stereocenters. The van der Waals surface area contributed by atoms with Gasteiger partial charge in [0.2, 0.25) is 0 Å². The van der Waals surface area contributed by atoms with E-state index in [2.05, 4.69) is 6.58 Å². The average molecular weight is 346 g/mol. The summed E-state index contributed by atoms with van der Waals surface area (Å²) in [4.78, 5) is 36.0. The molecular weight excluding hydrogens is 324 g/mol. The summed E-state index contributed by atoms with van der Waals surface area (Å²) in [5, 5.41) is 19.3. The second-order valence-electron chi connectivity index (χ2n) is 6.36. The maximum Gasteiger partial charge on any atom is 0.332 e. The average Bonchev–Trinajstić information content (AvgIpc) is 2.60. The van der Waals surface area contributed by atoms with Crippen LogP contribution in [0.2, 0.25) is 0 Å². The lowest BCUT2D eigenvalue weighted by Crippen LogP contribution is -2.45. The first-order chi connectivity index (χ1) is 11.9. The van der Waals surface area contributed by atoms with Crippen LogP contribution < -0.4 is 4.74 Å². The molecule has 0 radical (unpaired) electrons. The molecule has 0 amide bonds. The van der Waals surface area contributed by atoms with E-state index in [-0.39, 0.29) is 5.75 Å². The molecule has 1 aliphatic rings. The summed E-state index contributed by atoms with van der Waals surface area (Å²) in [5.41, 5.74) is -2.31. The van der Waals surface area contributed by atoms with Crippen LogP contribution in [0.1, 0.15) is 38.5 Å². The standard InChI is InChI=1S/C19H22O6/c1-13(17(21)22)19(18(23)24,14-8-4-2-5-9-14)12-16(20)25-15-10-6-3-7-11-15/h3,6-7,10-11,14H,1-2,4-5,8-9,12H2,(H,21,22)(H,23,24). The van der Waals surface area contributed by atoms with Gasteiger partial charge >= 0.3 is 17.9 Å². The number of hydrogen-bond acceptors (Lipinski definition) is 4. The molecule has 1 saturated carbocycles. The molecule has 0 heterocycles. The molecule has 0 bridgehead atoms. The van der Waals surface area contributed by atoms with Crippen molar-refractivity contribution in [1.82, 2.24) is 0 Å². The van der Waals surface area contributed by atoms with E-state index in [1.54, 1.807) is 30.3 Å². The Morgan fingerprint density at radius 1 is 1.08 bits per heavy atom. The predicted molar refractivity (Wildman–Crippen MR) is 90.1 cm³/mol. The Morgan fingerprint density at radius 2 is 1.68 bits per heavy atom. The molecule has 25 heavy (non-hydrogen) atoms. The van der Waals surface area contributed by atoms with Crippen LogP contribution in [0.15, 0.2) is 42.5 Å². The highest BCUT2D eigenvalue weighted by molar-refractivity contribution is 5.98. The highest BCUT2D eigenvalue weighted by atomic mass is 16.5. The molecule has 2 N–H and O–H groups in total. The van der Waals surface area contributed by atoms with Gasteiger partial charge in [-0.15, -0.1) is 0 Å². The molecule has 0 saturated heterocycles. The Hall–Kier alpha value is -2.63. The van der Waals surface area contributed by atoms with Gasteiger partial charge in [-0.05, 0) is 30.9 Å². The summed E-state index contributed by atoms with van der Waals surface area (Å²) in [6.07, 6.45) is 3.14. The van der Waals surface area contributed by atoms with E-state index in [0.29, 0.717) is 12.8 Å². The quantitative estimate of drug-likeness (QED) is 0.446. The molecule has 6 nitrogen and oxygen atoms in total. The molecule has 6 heteroatoms. The fourth-order valence-corrected chi connectivity index (χ4v) is 3.55. The van der Waals surface area contributed by atoms with Crippen molar-refractivity contribution >= 4 is 17.9 Å². The van der Waals surface area contributed by atoms with E-state index < -0.39 is 41.2 Å². The van der Waals surface area contributed by atoms with E-state index in [1.165, 1.54) is 0 Å². The molecule has 134 valence electrons. The molecule has 1 aliphatic carbocycles. The van der Waals surface area contributed by atoms with Gasteiger partial charge < -0.3 is 14.9 Å². The zero-order valence-electron chi connectivity index (χ0n) is 13.9. The SMILES string of the molecule is C=C(C(=O)O)C(CC(=O)Oc1ccccc1)(C(=O)O)C1CCCCC1. The van der Waals surface area contributed by atoms with Gasteiger partial charge in [0, 0.05) is 5.57 Å². The normalized spacial score (nSPS) is 17.3. The van der Waals surface area contributed by atoms with Crippen LogP contribution in [0.25, 0.3) is 0 Å². The van der Waals surface area contributed by atoms with Gasteiger partial charge in [0.25, 0.3) is 0 Å². The number of benzene rings is 1. The van der Waals surface area contributed by atoms with Crippen molar-refractivity contribution in [3.8, 4) is 5.75 Å². The van der Waals surface area contributed by atoms with Crippen LogP contribution in [0, 0.1) is 11.3 Å². The number of hydrogen-bond donors (Lipinski definition) is 2. The summed E-state index contributed by atoms with van der Waals surface area (Å²) < 4.78 is 5.20. The van der Waals surface area contributed by atoms with Gasteiger partial charge in [0.05, 0.1) is 6.42 Å². The number of para-hydroxylation sites is 1. The lowest BCUT2D eigenvalue weighted by molar-refractivity contribution is -0.159. The number of aliphatic carboxylic acids is 2. The van der Waals surface area contributed by atoms with Crippen molar-refractivity contribution in [2.75, 3.05) is 0 Å². The van der Waals surface area contributed by atoms with Crippen LogP contribution in [0.5, 0.6) is 5.75 Å². The lowest BCUT2D eigenvalue weighted by atomic mass is 9.63. The first-order valence-electron chi connectivity index (χ1n) is 8.29. The van der Waals surface area contributed by atoms with Gasteiger partial charge in [-0.25, -0.2) is 4.79 Å². The van der Waals surface area contributed by atoms with Crippen LogP contribution in [-0.2, 0) is 14.4 Å². The van der Waals surface area contributed by atoms with Gasteiger partial charge in [0.1, 0.15) is 11.2 Å². The zero-order valence-corrected chi connectivity index (χ0v) is 13.9. The Bertz CT molecular complexity index is 660. The third-order valence-corrected chi connectivity index (χ3v) is 4.88. The van der Waals surface area contributed by atoms with Crippen molar-refractivity contribution in [3.05, 3.63) is 42.5 Å². The van der Waals surface area contributed by atoms with Crippen molar-refractivity contribution < 1.29 is 29.3 Å². The Kier molecular flexibility index (Phi) is 5.96. The Balaban J connectivity index is 2.32. The van der Waals surface area contributed by atoms with E-state index in [0.717, 1.165) is 19.3 Å². The number of carbonyl (C=O) groups is 3. The largest absolute Gasteiger partial charge is 0.481 e. The van der Waals surface area contributed by atoms with Gasteiger partial charge in [0.15, 0.2) is 0 Å². The maximum atomic E-state index is 12.4. The molecule has 2 rings (SSSR count). The van der Waals surface area contributed by atoms with Crippen LogP contribution >= 0.6 is 0 Å². The summed E-state index contributed by atoms with van der Waals surface area (Å²) in [6.45, 7) is 3.50. The summed E-state index contributed by atoms with van der Waals surface area (Å²) in [6, 6.07) is 8.28. The summed E-state index contributed by atoms with van der Waals surface area (Å²) in [5.74, 6) is -3.68. The highest BCUT2D eigenvalue weighted by Crippen LogP contribution is 2.46. The zero-order chi connectivity index (χ0) is 18.4. The number of carboxylic acid groups (broad SMARTS) is 2. The predicted octanol–water partition coefficient (Wildman–Crippen LogP) is 3.27. The molecule has 0 spiro atoms. The molecule has 1 aromatic rings. The van der Waals surface area contributed by atoms with Gasteiger partial charge in [-0.3, -0.25) is 9.59 Å². The van der Waals surface area contributed by atoms with Gasteiger partial charge in [-0.1, -0.05) is 44.0 Å². The first-order valence-corrected chi connectivity index (χ1v) is 8.29. The van der Waals surface area contributed by atoms with Crippen molar-refractivity contribution in [1.29, 1.82) is 0 Å². The minimum Gasteiger partial charge on any atom is -0.481 e. The molecule has 1 fully saturated rings. The monoisotopic (exact) mass is 346 g/mol. The molecule has 0 aromatic heterocycles. The minimum absolute atomic E-state index is 0.288. The fourth-order valence-electron chi connectivity index (χ4n) is 3.55. The molecular formula is C19H22O6. The fraction of sp³-hybridized carbons (Fsp3) is 0.421. The first kappa shape index (κ1) is 18.7. The van der Waals surface area contributed by atoms with Crippen LogP contribution in [-0.4, -0.2) is 28.1 Å². The Morgan fingerprint density at radius 3 is 2.20 bits per heavy atom. The highest BCUT2D eigenvalue weighted by Gasteiger charge is 2.52. The second kappa shape index (κ2) is 7.96. The van der Waals surface area contributed by atoms with E-state index in [1.807, 2.05) is 0 Å². The molecule has 1 unspecified atom stereocenters. The van der Waals surface area contributed by atoms with E-state index in [4.69, 9.17) is 4.74 Å². The third-order valence-electron chi connectivity index (χ3n) is 4.88. The second-order valence-corrected chi connectivity index (χ2v) is 6.36. The van der Waals surface area contributed by atoms with E-state index >= 15 is 0 Å².